The molecule has 0 aromatic carbocycles. The molecule has 1 heterocycles. The van der Waals surface area contributed by atoms with Crippen molar-refractivity contribution >= 4 is 9.84 Å². The van der Waals surface area contributed by atoms with Gasteiger partial charge in [-0.15, -0.1) is 0 Å². The van der Waals surface area contributed by atoms with Gasteiger partial charge in [-0.1, -0.05) is 27.2 Å². The van der Waals surface area contributed by atoms with Gasteiger partial charge in [0.2, 0.25) is 0 Å². The summed E-state index contributed by atoms with van der Waals surface area (Å²) in [5.41, 5.74) is 0. The van der Waals surface area contributed by atoms with Gasteiger partial charge in [0.15, 0.2) is 9.84 Å². The van der Waals surface area contributed by atoms with Gasteiger partial charge in [-0.2, -0.15) is 0 Å². The highest BCUT2D eigenvalue weighted by Crippen LogP contribution is 2.37. The Morgan fingerprint density at radius 1 is 1.15 bits per heavy atom. The van der Waals surface area contributed by atoms with E-state index in [0.29, 0.717) is 23.5 Å². The zero-order chi connectivity index (χ0) is 14.8. The second-order valence-electron chi connectivity index (χ2n) is 7.20. The zero-order valence-electron chi connectivity index (χ0n) is 13.3. The minimum absolute atomic E-state index is 0.388. The quantitative estimate of drug-likeness (QED) is 0.849. The van der Waals surface area contributed by atoms with Crippen molar-refractivity contribution in [2.75, 3.05) is 18.1 Å². The SMILES string of the molecule is CCNC(CC1CCS(=O)(=O)C1)C1CCC(C)C(C)C1. The van der Waals surface area contributed by atoms with Gasteiger partial charge in [0.05, 0.1) is 11.5 Å². The average Bonchev–Trinajstić information content (AvgIpc) is 2.72. The van der Waals surface area contributed by atoms with Crippen LogP contribution in [-0.2, 0) is 9.84 Å². The second kappa shape index (κ2) is 6.78. The molecular weight excluding hydrogens is 270 g/mol. The number of hydrogen-bond donors (Lipinski definition) is 1. The predicted molar refractivity (Wildman–Crippen MR) is 84.5 cm³/mol. The van der Waals surface area contributed by atoms with Crippen LogP contribution in [0.2, 0.25) is 0 Å². The van der Waals surface area contributed by atoms with Gasteiger partial charge in [-0.05, 0) is 55.9 Å². The average molecular weight is 301 g/mol. The van der Waals surface area contributed by atoms with Gasteiger partial charge in [0.25, 0.3) is 0 Å². The molecule has 2 rings (SSSR count). The predicted octanol–water partition coefficient (Wildman–Crippen LogP) is 2.86. The van der Waals surface area contributed by atoms with E-state index in [2.05, 4.69) is 26.1 Å². The van der Waals surface area contributed by atoms with Crippen molar-refractivity contribution in [1.29, 1.82) is 0 Å². The molecule has 1 saturated carbocycles. The maximum Gasteiger partial charge on any atom is 0.150 e. The smallest absolute Gasteiger partial charge is 0.150 e. The van der Waals surface area contributed by atoms with Crippen molar-refractivity contribution in [2.45, 2.75) is 58.9 Å². The molecule has 118 valence electrons. The number of hydrogen-bond acceptors (Lipinski definition) is 3. The lowest BCUT2D eigenvalue weighted by Gasteiger charge is -2.38. The summed E-state index contributed by atoms with van der Waals surface area (Å²) in [5.74, 6) is 3.62. The Morgan fingerprint density at radius 2 is 1.90 bits per heavy atom. The van der Waals surface area contributed by atoms with Crippen LogP contribution in [0.5, 0.6) is 0 Å². The van der Waals surface area contributed by atoms with E-state index in [1.807, 2.05) is 0 Å². The van der Waals surface area contributed by atoms with E-state index in [1.165, 1.54) is 19.3 Å². The normalized spacial score (nSPS) is 38.8. The van der Waals surface area contributed by atoms with E-state index in [0.717, 1.165) is 37.1 Å². The summed E-state index contributed by atoms with van der Waals surface area (Å²) in [6.45, 7) is 7.89. The second-order valence-corrected chi connectivity index (χ2v) is 9.43. The van der Waals surface area contributed by atoms with Gasteiger partial charge in [-0.3, -0.25) is 0 Å². The lowest BCUT2D eigenvalue weighted by atomic mass is 9.72. The molecule has 2 aliphatic rings. The first kappa shape index (κ1) is 16.3. The highest BCUT2D eigenvalue weighted by Gasteiger charge is 2.34. The molecule has 5 atom stereocenters. The number of rotatable bonds is 5. The van der Waals surface area contributed by atoms with Crippen molar-refractivity contribution in [3.05, 3.63) is 0 Å². The molecular formula is C16H31NO2S. The first-order valence-corrected chi connectivity index (χ1v) is 10.2. The lowest BCUT2D eigenvalue weighted by Crippen LogP contribution is -2.41. The molecule has 1 aliphatic heterocycles. The molecule has 0 bridgehead atoms. The Labute approximate surface area is 124 Å². The van der Waals surface area contributed by atoms with Crippen LogP contribution in [0.4, 0.5) is 0 Å². The third kappa shape index (κ3) is 4.20. The van der Waals surface area contributed by atoms with Crippen molar-refractivity contribution in [2.24, 2.45) is 23.7 Å². The molecule has 5 unspecified atom stereocenters. The molecule has 3 nitrogen and oxygen atoms in total. The van der Waals surface area contributed by atoms with Crippen LogP contribution in [0.15, 0.2) is 0 Å². The number of nitrogens with one attached hydrogen (secondary N) is 1. The Morgan fingerprint density at radius 3 is 2.45 bits per heavy atom. The van der Waals surface area contributed by atoms with Crippen LogP contribution in [0.25, 0.3) is 0 Å². The largest absolute Gasteiger partial charge is 0.314 e. The van der Waals surface area contributed by atoms with Crippen LogP contribution < -0.4 is 5.32 Å². The van der Waals surface area contributed by atoms with Crippen LogP contribution in [-0.4, -0.2) is 32.5 Å². The molecule has 1 aliphatic carbocycles. The van der Waals surface area contributed by atoms with E-state index in [1.54, 1.807) is 0 Å². The first-order valence-electron chi connectivity index (χ1n) is 8.35. The van der Waals surface area contributed by atoms with Gasteiger partial charge >= 0.3 is 0 Å². The van der Waals surface area contributed by atoms with E-state index < -0.39 is 9.84 Å². The molecule has 1 saturated heterocycles. The maximum atomic E-state index is 11.6. The van der Waals surface area contributed by atoms with E-state index in [-0.39, 0.29) is 0 Å². The van der Waals surface area contributed by atoms with Crippen molar-refractivity contribution in [3.8, 4) is 0 Å². The molecule has 0 spiro atoms. The lowest BCUT2D eigenvalue weighted by molar-refractivity contribution is 0.159. The van der Waals surface area contributed by atoms with Crippen LogP contribution >= 0.6 is 0 Å². The fourth-order valence-electron chi connectivity index (χ4n) is 4.08. The number of sulfone groups is 1. The van der Waals surface area contributed by atoms with Crippen molar-refractivity contribution in [3.63, 3.8) is 0 Å². The van der Waals surface area contributed by atoms with E-state index >= 15 is 0 Å². The minimum atomic E-state index is -2.73. The topological polar surface area (TPSA) is 46.2 Å². The maximum absolute atomic E-state index is 11.6. The Bertz CT molecular complexity index is 407. The van der Waals surface area contributed by atoms with Crippen molar-refractivity contribution < 1.29 is 8.42 Å². The molecule has 4 heteroatoms. The molecule has 0 aromatic rings. The first-order chi connectivity index (χ1) is 9.41. The van der Waals surface area contributed by atoms with Crippen LogP contribution in [0.3, 0.4) is 0 Å². The summed E-state index contributed by atoms with van der Waals surface area (Å²) in [4.78, 5) is 0. The summed E-state index contributed by atoms with van der Waals surface area (Å²) in [6, 6.07) is 0.522. The van der Waals surface area contributed by atoms with E-state index in [9.17, 15) is 8.42 Å². The summed E-state index contributed by atoms with van der Waals surface area (Å²) >= 11 is 0. The third-order valence-corrected chi connectivity index (χ3v) is 7.43. The van der Waals surface area contributed by atoms with E-state index in [4.69, 9.17) is 0 Å². The molecule has 0 radical (unpaired) electrons. The Kier molecular flexibility index (Phi) is 5.52. The fraction of sp³-hybridized carbons (Fsp3) is 1.00. The van der Waals surface area contributed by atoms with Crippen molar-refractivity contribution in [1.82, 2.24) is 5.32 Å². The molecule has 0 aromatic heterocycles. The van der Waals surface area contributed by atoms with Gasteiger partial charge in [0, 0.05) is 6.04 Å². The molecule has 20 heavy (non-hydrogen) atoms. The Balaban J connectivity index is 1.93. The molecule has 0 amide bonds. The highest BCUT2D eigenvalue weighted by molar-refractivity contribution is 7.91. The molecule has 2 fully saturated rings. The summed E-state index contributed by atoms with van der Waals surface area (Å²) < 4.78 is 23.3. The van der Waals surface area contributed by atoms with Gasteiger partial charge in [-0.25, -0.2) is 8.42 Å². The Hall–Kier alpha value is -0.0900. The highest BCUT2D eigenvalue weighted by atomic mass is 32.2. The van der Waals surface area contributed by atoms with Gasteiger partial charge in [0.1, 0.15) is 0 Å². The zero-order valence-corrected chi connectivity index (χ0v) is 14.1. The third-order valence-electron chi connectivity index (χ3n) is 5.59. The monoisotopic (exact) mass is 301 g/mol. The summed E-state index contributed by atoms with van der Waals surface area (Å²) in [5, 5.41) is 3.65. The van der Waals surface area contributed by atoms with Crippen LogP contribution in [0.1, 0.15) is 52.9 Å². The van der Waals surface area contributed by atoms with Crippen LogP contribution in [0, 0.1) is 23.7 Å². The van der Waals surface area contributed by atoms with Gasteiger partial charge < -0.3 is 5.32 Å². The summed E-state index contributed by atoms with van der Waals surface area (Å²) in [7, 11) is -2.73. The minimum Gasteiger partial charge on any atom is -0.314 e. The standard InChI is InChI=1S/C16H31NO2S/c1-4-17-16(10-14-7-8-20(18,19)11-14)15-6-5-12(2)13(3)9-15/h12-17H,4-11H2,1-3H3. The fourth-order valence-corrected chi connectivity index (χ4v) is 5.96. The molecule has 1 N–H and O–H groups in total. The summed E-state index contributed by atoms with van der Waals surface area (Å²) in [6.07, 6.45) is 5.87.